The van der Waals surface area contributed by atoms with Crippen molar-refractivity contribution in [2.45, 2.75) is 30.5 Å². The van der Waals surface area contributed by atoms with Gasteiger partial charge in [-0.2, -0.15) is 0 Å². The standard InChI is InChI=1S/C16H20BrNO/c17-15(12-4-2-1-3-5-12)10-18-16(19)14-9-11-6-7-13(14)8-11/h1-5,11,13-15H,6-10H2,(H,18,19). The molecular weight excluding hydrogens is 302 g/mol. The highest BCUT2D eigenvalue weighted by Crippen LogP contribution is 2.48. The third kappa shape index (κ3) is 2.86. The average Bonchev–Trinajstić information content (AvgIpc) is 3.08. The molecule has 2 aliphatic carbocycles. The second-order valence-electron chi connectivity index (χ2n) is 5.90. The highest BCUT2D eigenvalue weighted by molar-refractivity contribution is 9.09. The molecule has 1 aromatic carbocycles. The van der Waals surface area contributed by atoms with Crippen LogP contribution in [0.2, 0.25) is 0 Å². The Bertz CT molecular complexity index is 447. The van der Waals surface area contributed by atoms with Crippen molar-refractivity contribution in [3.8, 4) is 0 Å². The summed E-state index contributed by atoms with van der Waals surface area (Å²) in [5.41, 5.74) is 1.22. The van der Waals surface area contributed by atoms with Gasteiger partial charge in [0.1, 0.15) is 0 Å². The summed E-state index contributed by atoms with van der Waals surface area (Å²) in [6.07, 6.45) is 5.02. The maximum absolute atomic E-state index is 12.2. The number of nitrogens with one attached hydrogen (secondary N) is 1. The van der Waals surface area contributed by atoms with Crippen LogP contribution in [0.25, 0.3) is 0 Å². The Hall–Kier alpha value is -0.830. The van der Waals surface area contributed by atoms with Crippen LogP contribution >= 0.6 is 15.9 Å². The zero-order valence-corrected chi connectivity index (χ0v) is 12.6. The highest BCUT2D eigenvalue weighted by atomic mass is 79.9. The third-order valence-electron chi connectivity index (χ3n) is 4.69. The van der Waals surface area contributed by atoms with Gasteiger partial charge in [-0.3, -0.25) is 4.79 Å². The van der Waals surface area contributed by atoms with Gasteiger partial charge in [0.25, 0.3) is 0 Å². The number of fused-ring (bicyclic) bond motifs is 2. The minimum atomic E-state index is 0.205. The van der Waals surface area contributed by atoms with Crippen molar-refractivity contribution in [1.29, 1.82) is 0 Å². The number of amides is 1. The van der Waals surface area contributed by atoms with E-state index in [9.17, 15) is 4.79 Å². The largest absolute Gasteiger partial charge is 0.354 e. The maximum atomic E-state index is 12.2. The lowest BCUT2D eigenvalue weighted by Gasteiger charge is -2.21. The molecule has 0 heterocycles. The molecule has 4 atom stereocenters. The van der Waals surface area contributed by atoms with E-state index in [1.54, 1.807) is 0 Å². The molecule has 1 aromatic rings. The number of rotatable bonds is 4. The third-order valence-corrected chi connectivity index (χ3v) is 5.54. The average molecular weight is 322 g/mol. The summed E-state index contributed by atoms with van der Waals surface area (Å²) in [5.74, 6) is 2.05. The predicted molar refractivity (Wildman–Crippen MR) is 80.1 cm³/mol. The van der Waals surface area contributed by atoms with Crippen LogP contribution in [0.4, 0.5) is 0 Å². The number of hydrogen-bond donors (Lipinski definition) is 1. The van der Waals surface area contributed by atoms with Gasteiger partial charge in [0, 0.05) is 12.5 Å². The second-order valence-corrected chi connectivity index (χ2v) is 7.01. The van der Waals surface area contributed by atoms with E-state index in [0.29, 0.717) is 12.5 Å². The molecule has 19 heavy (non-hydrogen) atoms. The fourth-order valence-electron chi connectivity index (χ4n) is 3.67. The van der Waals surface area contributed by atoms with Gasteiger partial charge >= 0.3 is 0 Å². The van der Waals surface area contributed by atoms with Crippen LogP contribution in [0.15, 0.2) is 30.3 Å². The molecule has 2 aliphatic rings. The summed E-state index contributed by atoms with van der Waals surface area (Å²) >= 11 is 3.65. The molecule has 0 aromatic heterocycles. The Morgan fingerprint density at radius 3 is 2.68 bits per heavy atom. The molecule has 102 valence electrons. The quantitative estimate of drug-likeness (QED) is 0.842. The molecule has 1 amide bonds. The SMILES string of the molecule is O=C(NCC(Br)c1ccccc1)C1CC2CCC1C2. The van der Waals surface area contributed by atoms with Crippen LogP contribution in [-0.2, 0) is 4.79 Å². The molecule has 3 heteroatoms. The van der Waals surface area contributed by atoms with Gasteiger partial charge in [0.15, 0.2) is 0 Å². The monoisotopic (exact) mass is 321 g/mol. The molecule has 0 saturated heterocycles. The molecule has 2 nitrogen and oxygen atoms in total. The van der Waals surface area contributed by atoms with Gasteiger partial charge < -0.3 is 5.32 Å². The smallest absolute Gasteiger partial charge is 0.223 e. The first-order chi connectivity index (χ1) is 9.24. The van der Waals surface area contributed by atoms with E-state index in [2.05, 4.69) is 33.4 Å². The Kier molecular flexibility index (Phi) is 3.92. The van der Waals surface area contributed by atoms with E-state index in [1.807, 2.05) is 18.2 Å². The van der Waals surface area contributed by atoms with Crippen LogP contribution in [0.5, 0.6) is 0 Å². The maximum Gasteiger partial charge on any atom is 0.223 e. The molecule has 3 rings (SSSR count). The normalized spacial score (nSPS) is 30.3. The molecule has 1 N–H and O–H groups in total. The first-order valence-corrected chi connectivity index (χ1v) is 8.12. The fraction of sp³-hybridized carbons (Fsp3) is 0.562. The van der Waals surface area contributed by atoms with Crippen molar-refractivity contribution in [2.75, 3.05) is 6.54 Å². The number of alkyl halides is 1. The van der Waals surface area contributed by atoms with Crippen LogP contribution < -0.4 is 5.32 Å². The van der Waals surface area contributed by atoms with Crippen molar-refractivity contribution < 1.29 is 4.79 Å². The molecule has 0 aliphatic heterocycles. The summed E-state index contributed by atoms with van der Waals surface area (Å²) in [4.78, 5) is 12.4. The Labute approximate surface area is 123 Å². The van der Waals surface area contributed by atoms with Crippen molar-refractivity contribution >= 4 is 21.8 Å². The first kappa shape index (κ1) is 13.2. The Morgan fingerprint density at radius 2 is 2.05 bits per heavy atom. The number of carbonyl (C=O) groups is 1. The lowest BCUT2D eigenvalue weighted by atomic mass is 9.88. The second kappa shape index (κ2) is 5.66. The minimum absolute atomic E-state index is 0.205. The van der Waals surface area contributed by atoms with Gasteiger partial charge in [-0.25, -0.2) is 0 Å². The van der Waals surface area contributed by atoms with Gasteiger partial charge in [-0.1, -0.05) is 52.7 Å². The zero-order chi connectivity index (χ0) is 13.2. The molecule has 2 saturated carbocycles. The molecule has 0 radical (unpaired) electrons. The minimum Gasteiger partial charge on any atom is -0.354 e. The van der Waals surface area contributed by atoms with E-state index < -0.39 is 0 Å². The lowest BCUT2D eigenvalue weighted by Crippen LogP contribution is -2.35. The molecule has 4 unspecified atom stereocenters. The van der Waals surface area contributed by atoms with Crippen LogP contribution in [-0.4, -0.2) is 12.5 Å². The number of carbonyl (C=O) groups excluding carboxylic acids is 1. The van der Waals surface area contributed by atoms with E-state index in [0.717, 1.165) is 12.3 Å². The lowest BCUT2D eigenvalue weighted by molar-refractivity contribution is -0.126. The van der Waals surface area contributed by atoms with Crippen LogP contribution in [0.1, 0.15) is 36.1 Å². The van der Waals surface area contributed by atoms with Gasteiger partial charge in [-0.05, 0) is 36.7 Å². The Morgan fingerprint density at radius 1 is 1.26 bits per heavy atom. The summed E-state index contributed by atoms with van der Waals surface area (Å²) in [6, 6.07) is 10.2. The van der Waals surface area contributed by atoms with Crippen LogP contribution in [0, 0.1) is 17.8 Å². The van der Waals surface area contributed by atoms with E-state index in [4.69, 9.17) is 0 Å². The predicted octanol–water partition coefficient (Wildman–Crippen LogP) is 3.68. The topological polar surface area (TPSA) is 29.1 Å². The zero-order valence-electron chi connectivity index (χ0n) is 11.0. The van der Waals surface area contributed by atoms with Gasteiger partial charge in [0.2, 0.25) is 5.91 Å². The van der Waals surface area contributed by atoms with Crippen LogP contribution in [0.3, 0.4) is 0 Å². The summed E-state index contributed by atoms with van der Waals surface area (Å²) in [6.45, 7) is 0.677. The van der Waals surface area contributed by atoms with Gasteiger partial charge in [-0.15, -0.1) is 0 Å². The summed E-state index contributed by atoms with van der Waals surface area (Å²) in [7, 11) is 0. The van der Waals surface area contributed by atoms with Crippen molar-refractivity contribution in [1.82, 2.24) is 5.32 Å². The molecule has 0 spiro atoms. The first-order valence-electron chi connectivity index (χ1n) is 7.21. The number of halogens is 1. The molecular formula is C16H20BrNO. The van der Waals surface area contributed by atoms with E-state index in [-0.39, 0.29) is 16.7 Å². The van der Waals surface area contributed by atoms with Crippen molar-refractivity contribution in [3.05, 3.63) is 35.9 Å². The van der Waals surface area contributed by atoms with E-state index >= 15 is 0 Å². The number of benzene rings is 1. The fourth-order valence-corrected chi connectivity index (χ4v) is 4.13. The van der Waals surface area contributed by atoms with E-state index in [1.165, 1.54) is 24.8 Å². The Balaban J connectivity index is 1.51. The van der Waals surface area contributed by atoms with Gasteiger partial charge in [0.05, 0.1) is 4.83 Å². The summed E-state index contributed by atoms with van der Waals surface area (Å²) < 4.78 is 0. The highest BCUT2D eigenvalue weighted by Gasteiger charge is 2.42. The summed E-state index contributed by atoms with van der Waals surface area (Å²) in [5, 5.41) is 3.12. The number of hydrogen-bond acceptors (Lipinski definition) is 1. The molecule has 2 fully saturated rings. The van der Waals surface area contributed by atoms with Crippen molar-refractivity contribution in [3.63, 3.8) is 0 Å². The molecule has 2 bridgehead atoms. The van der Waals surface area contributed by atoms with Crippen molar-refractivity contribution in [2.24, 2.45) is 17.8 Å².